The van der Waals surface area contributed by atoms with Crippen molar-refractivity contribution in [3.05, 3.63) is 130 Å². The van der Waals surface area contributed by atoms with E-state index >= 15 is 0 Å². The molecule has 0 N–H and O–H groups in total. The average Bonchev–Trinajstić information content (AvgIpc) is 3.16. The van der Waals surface area contributed by atoms with Crippen LogP contribution in [0, 0.1) is 0 Å². The van der Waals surface area contributed by atoms with Crippen LogP contribution in [0.3, 0.4) is 0 Å². The van der Waals surface area contributed by atoms with Crippen LogP contribution < -0.4 is 4.57 Å². The van der Waals surface area contributed by atoms with E-state index in [9.17, 15) is 0 Å². The third-order valence-electron chi connectivity index (χ3n) is 5.66. The van der Waals surface area contributed by atoms with E-state index in [-0.39, 0.29) is 0 Å². The van der Waals surface area contributed by atoms with Gasteiger partial charge in [-0.15, -0.1) is 0 Å². The quantitative estimate of drug-likeness (QED) is 0.106. The Hall–Kier alpha value is -3.18. The molecule has 1 heterocycles. The molecule has 0 saturated heterocycles. The summed E-state index contributed by atoms with van der Waals surface area (Å²) in [6, 6.07) is 34.0. The van der Waals surface area contributed by atoms with Crippen molar-refractivity contribution < 1.29 is 4.57 Å². The van der Waals surface area contributed by atoms with Crippen LogP contribution in [0.1, 0.15) is 17.0 Å². The maximum absolute atomic E-state index is 6.13. The van der Waals surface area contributed by atoms with Crippen molar-refractivity contribution in [1.82, 2.24) is 4.57 Å². The molecule has 0 radical (unpaired) electrons. The lowest BCUT2D eigenvalue weighted by Crippen LogP contribution is -2.40. The van der Waals surface area contributed by atoms with Crippen molar-refractivity contribution in [3.8, 4) is 0 Å². The lowest BCUT2D eigenvalue weighted by molar-refractivity contribution is -0.664. The molecule has 0 fully saturated rings. The molecule has 0 spiro atoms. The van der Waals surface area contributed by atoms with Crippen molar-refractivity contribution in [1.29, 1.82) is 0 Å². The van der Waals surface area contributed by atoms with Crippen LogP contribution in [0.2, 0.25) is 10.0 Å². The Balaban J connectivity index is 1.71. The molecule has 4 aromatic carbocycles. The SMILES string of the molecule is [S-]C(=Nc1ccccc1)c1n(Cc2ccc(Cl)cc2)c2ccccc2[n+]1Cc1ccc(Cl)cc1. The molecule has 1 aromatic heterocycles. The van der Waals surface area contributed by atoms with Gasteiger partial charge < -0.3 is 12.6 Å². The van der Waals surface area contributed by atoms with Gasteiger partial charge in [-0.2, -0.15) is 0 Å². The molecule has 0 atom stereocenters. The molecule has 0 aliphatic heterocycles. The van der Waals surface area contributed by atoms with Gasteiger partial charge in [-0.25, -0.2) is 9.13 Å². The first-order chi connectivity index (χ1) is 16.6. The number of hydrogen-bond donors (Lipinski definition) is 0. The zero-order valence-electron chi connectivity index (χ0n) is 18.2. The molecule has 6 heteroatoms. The Labute approximate surface area is 214 Å². The van der Waals surface area contributed by atoms with Gasteiger partial charge in [-0.05, 0) is 59.7 Å². The number of hydrogen-bond acceptors (Lipinski definition) is 2. The smallest absolute Gasteiger partial charge is 0.281 e. The Kier molecular flexibility index (Phi) is 6.63. The number of para-hydroxylation sites is 3. The predicted molar refractivity (Wildman–Crippen MR) is 143 cm³/mol. The number of aliphatic imine (C=N–C) groups is 1. The highest BCUT2D eigenvalue weighted by Crippen LogP contribution is 2.21. The zero-order valence-corrected chi connectivity index (χ0v) is 20.6. The lowest BCUT2D eigenvalue weighted by Gasteiger charge is -2.12. The van der Waals surface area contributed by atoms with E-state index in [0.29, 0.717) is 28.2 Å². The second-order valence-electron chi connectivity index (χ2n) is 7.99. The van der Waals surface area contributed by atoms with Gasteiger partial charge in [0, 0.05) is 15.1 Å². The number of halogens is 2. The van der Waals surface area contributed by atoms with Crippen LogP contribution in [0.4, 0.5) is 5.69 Å². The Morgan fingerprint density at radius 1 is 0.735 bits per heavy atom. The summed E-state index contributed by atoms with van der Waals surface area (Å²) < 4.78 is 4.48. The molecule has 0 saturated carbocycles. The van der Waals surface area contributed by atoms with E-state index in [4.69, 9.17) is 40.8 Å². The number of benzene rings is 4. The fraction of sp³-hybridized carbons (Fsp3) is 0.0714. The van der Waals surface area contributed by atoms with Crippen molar-refractivity contribution >= 4 is 57.6 Å². The molecule has 0 bridgehead atoms. The minimum Gasteiger partial charge on any atom is -0.752 e. The maximum atomic E-state index is 6.13. The zero-order chi connectivity index (χ0) is 23.5. The molecular formula is C28H21Cl2N3S. The monoisotopic (exact) mass is 501 g/mol. The predicted octanol–water partition coefficient (Wildman–Crippen LogP) is 6.96. The van der Waals surface area contributed by atoms with Gasteiger partial charge in [-0.1, -0.05) is 77.8 Å². The van der Waals surface area contributed by atoms with Gasteiger partial charge in [0.05, 0.1) is 5.69 Å². The molecule has 3 nitrogen and oxygen atoms in total. The molecule has 0 unspecified atom stereocenters. The Morgan fingerprint density at radius 2 is 1.32 bits per heavy atom. The molecular weight excluding hydrogens is 481 g/mol. The Bertz CT molecular complexity index is 1370. The maximum Gasteiger partial charge on any atom is 0.281 e. The first-order valence-electron chi connectivity index (χ1n) is 10.9. The van der Waals surface area contributed by atoms with Crippen LogP contribution in [0.15, 0.2) is 108 Å². The first-order valence-corrected chi connectivity index (χ1v) is 12.1. The summed E-state index contributed by atoms with van der Waals surface area (Å²) in [5, 5.41) is 1.97. The van der Waals surface area contributed by atoms with Gasteiger partial charge in [0.1, 0.15) is 13.1 Å². The van der Waals surface area contributed by atoms with E-state index in [2.05, 4.69) is 33.4 Å². The third-order valence-corrected chi connectivity index (χ3v) is 6.44. The van der Waals surface area contributed by atoms with E-state index in [0.717, 1.165) is 33.7 Å². The van der Waals surface area contributed by atoms with E-state index in [1.165, 1.54) is 0 Å². The van der Waals surface area contributed by atoms with Gasteiger partial charge in [-0.3, -0.25) is 4.99 Å². The summed E-state index contributed by atoms with van der Waals surface area (Å²) in [5.74, 6) is 0.880. The van der Waals surface area contributed by atoms with Gasteiger partial charge >= 0.3 is 0 Å². The van der Waals surface area contributed by atoms with E-state index < -0.39 is 0 Å². The summed E-state index contributed by atoms with van der Waals surface area (Å²) >= 11 is 18.2. The van der Waals surface area contributed by atoms with Crippen molar-refractivity contribution in [2.24, 2.45) is 4.99 Å². The third kappa shape index (κ3) is 4.85. The van der Waals surface area contributed by atoms with Crippen LogP contribution in [-0.4, -0.2) is 9.61 Å². The standard InChI is InChI=1S/C28H21Cl2N3S/c29-22-14-10-20(11-15-22)18-32-25-8-4-5-9-26(25)33(19-21-12-16-23(30)17-13-21)28(32)27(34)31-24-6-2-1-3-7-24/h1-17H,18-19H2. The number of nitrogens with zero attached hydrogens (tertiary/aromatic N) is 3. The average molecular weight is 502 g/mol. The van der Waals surface area contributed by atoms with Crippen LogP contribution in [0.25, 0.3) is 11.0 Å². The number of rotatable bonds is 6. The highest BCUT2D eigenvalue weighted by Gasteiger charge is 2.25. The molecule has 0 amide bonds. The molecule has 0 aliphatic rings. The summed E-state index contributed by atoms with van der Waals surface area (Å²) in [6.07, 6.45) is 0. The van der Waals surface area contributed by atoms with Crippen LogP contribution >= 0.6 is 23.2 Å². The highest BCUT2D eigenvalue weighted by atomic mass is 35.5. The van der Waals surface area contributed by atoms with Crippen molar-refractivity contribution in [2.75, 3.05) is 0 Å². The molecule has 5 rings (SSSR count). The largest absolute Gasteiger partial charge is 0.752 e. The number of aromatic nitrogens is 2. The highest BCUT2D eigenvalue weighted by molar-refractivity contribution is 7.78. The van der Waals surface area contributed by atoms with Crippen LogP contribution in [-0.2, 0) is 25.7 Å². The summed E-state index contributed by atoms with van der Waals surface area (Å²) in [4.78, 5) is 4.80. The second kappa shape index (κ2) is 9.98. The van der Waals surface area contributed by atoms with Gasteiger partial charge in [0.15, 0.2) is 11.0 Å². The number of imidazole rings is 1. The molecule has 0 aliphatic carbocycles. The second-order valence-corrected chi connectivity index (χ2v) is 9.25. The minimum absolute atomic E-state index is 0.533. The molecule has 34 heavy (non-hydrogen) atoms. The summed E-state index contributed by atoms with van der Waals surface area (Å²) in [5.41, 5.74) is 5.27. The van der Waals surface area contributed by atoms with E-state index in [1.807, 2.05) is 78.9 Å². The van der Waals surface area contributed by atoms with Crippen molar-refractivity contribution in [2.45, 2.75) is 13.1 Å². The van der Waals surface area contributed by atoms with Crippen molar-refractivity contribution in [3.63, 3.8) is 0 Å². The first kappa shape index (κ1) is 22.6. The summed E-state index contributed by atoms with van der Waals surface area (Å²) in [7, 11) is 0. The fourth-order valence-corrected chi connectivity index (χ4v) is 4.64. The molecule has 168 valence electrons. The number of fused-ring (bicyclic) bond motifs is 1. The van der Waals surface area contributed by atoms with Gasteiger partial charge in [0.25, 0.3) is 5.82 Å². The van der Waals surface area contributed by atoms with E-state index in [1.54, 1.807) is 0 Å². The normalized spacial score (nSPS) is 11.8. The Morgan fingerprint density at radius 3 is 2.00 bits per heavy atom. The van der Waals surface area contributed by atoms with Crippen LogP contribution in [0.5, 0.6) is 0 Å². The molecule has 5 aromatic rings. The van der Waals surface area contributed by atoms with Gasteiger partial charge in [0.2, 0.25) is 0 Å². The lowest BCUT2D eigenvalue weighted by atomic mass is 10.2. The fourth-order valence-electron chi connectivity index (χ4n) is 4.06. The topological polar surface area (TPSA) is 21.2 Å². The minimum atomic E-state index is 0.533. The summed E-state index contributed by atoms with van der Waals surface area (Å²) in [6.45, 7) is 1.29.